The lowest BCUT2D eigenvalue weighted by Gasteiger charge is -2.17. The number of benzene rings is 3. The van der Waals surface area contributed by atoms with Gasteiger partial charge >= 0.3 is 11.9 Å². The van der Waals surface area contributed by atoms with E-state index in [1.807, 2.05) is 91.0 Å². The van der Waals surface area contributed by atoms with Crippen molar-refractivity contribution in [3.8, 4) is 0 Å². The zero-order valence-electron chi connectivity index (χ0n) is 15.8. The second-order valence-electron chi connectivity index (χ2n) is 6.86. The largest absolute Gasteiger partial charge is 0.459 e. The minimum Gasteiger partial charge on any atom is -0.459 e. The van der Waals surface area contributed by atoms with Crippen LogP contribution in [0.1, 0.15) is 16.7 Å². The lowest BCUT2D eigenvalue weighted by atomic mass is 9.96. The van der Waals surface area contributed by atoms with E-state index in [1.165, 1.54) is 0 Å². The Kier molecular flexibility index (Phi) is 5.25. The zero-order valence-corrected chi connectivity index (χ0v) is 15.8. The van der Waals surface area contributed by atoms with Crippen molar-refractivity contribution in [2.75, 3.05) is 0 Å². The fourth-order valence-electron chi connectivity index (χ4n) is 3.20. The Morgan fingerprint density at radius 1 is 0.621 bits per heavy atom. The van der Waals surface area contributed by atoms with Crippen molar-refractivity contribution in [1.29, 1.82) is 0 Å². The van der Waals surface area contributed by atoms with Crippen LogP contribution in [0, 0.1) is 5.41 Å². The summed E-state index contributed by atoms with van der Waals surface area (Å²) in [5.41, 5.74) is 1.66. The topological polar surface area (TPSA) is 52.6 Å². The summed E-state index contributed by atoms with van der Waals surface area (Å²) in [7, 11) is 0. The quantitative estimate of drug-likeness (QED) is 0.443. The van der Waals surface area contributed by atoms with Crippen LogP contribution >= 0.6 is 0 Å². The summed E-state index contributed by atoms with van der Waals surface area (Å²) in [6, 6.07) is 28.1. The molecule has 0 aromatic heterocycles. The maximum absolute atomic E-state index is 13.0. The Balaban J connectivity index is 1.50. The average Bonchev–Trinajstić information content (AvgIpc) is 3.55. The molecule has 1 aliphatic rings. The SMILES string of the molecule is O=C(OCc1ccccc1)C1(C(=O)OCc2ccccc2)C=C1c1ccccc1. The van der Waals surface area contributed by atoms with Gasteiger partial charge in [0.1, 0.15) is 13.2 Å². The number of carbonyl (C=O) groups excluding carboxylic acids is 2. The van der Waals surface area contributed by atoms with Gasteiger partial charge in [0.05, 0.1) is 0 Å². The molecule has 0 N–H and O–H groups in total. The van der Waals surface area contributed by atoms with E-state index in [0.717, 1.165) is 16.7 Å². The highest BCUT2D eigenvalue weighted by Crippen LogP contribution is 2.53. The van der Waals surface area contributed by atoms with Crippen molar-refractivity contribution in [2.24, 2.45) is 5.41 Å². The predicted molar refractivity (Wildman–Crippen MR) is 109 cm³/mol. The lowest BCUT2D eigenvalue weighted by Crippen LogP contribution is -2.32. The van der Waals surface area contributed by atoms with Gasteiger partial charge in [0, 0.05) is 0 Å². The van der Waals surface area contributed by atoms with Crippen LogP contribution in [0.2, 0.25) is 0 Å². The van der Waals surface area contributed by atoms with Gasteiger partial charge in [-0.15, -0.1) is 0 Å². The van der Waals surface area contributed by atoms with Gasteiger partial charge in [0.2, 0.25) is 5.41 Å². The minimum atomic E-state index is -1.48. The number of ether oxygens (including phenoxy) is 2. The monoisotopic (exact) mass is 384 g/mol. The molecule has 0 heterocycles. The molecule has 3 aromatic carbocycles. The molecule has 29 heavy (non-hydrogen) atoms. The summed E-state index contributed by atoms with van der Waals surface area (Å²) < 4.78 is 11.0. The van der Waals surface area contributed by atoms with Crippen LogP contribution in [0.4, 0.5) is 0 Å². The van der Waals surface area contributed by atoms with E-state index >= 15 is 0 Å². The molecule has 1 aliphatic carbocycles. The second kappa shape index (κ2) is 8.15. The summed E-state index contributed by atoms with van der Waals surface area (Å²) in [6.07, 6.45) is 1.63. The van der Waals surface area contributed by atoms with E-state index in [4.69, 9.17) is 9.47 Å². The number of esters is 2. The standard InChI is InChI=1S/C25H20O4/c26-23(28-17-19-10-4-1-5-11-19)25(16-22(25)21-14-8-3-9-15-21)24(27)29-18-20-12-6-2-7-13-20/h1-16H,17-18H2. The van der Waals surface area contributed by atoms with Crippen LogP contribution in [0.5, 0.6) is 0 Å². The van der Waals surface area contributed by atoms with Crippen molar-refractivity contribution >= 4 is 17.5 Å². The van der Waals surface area contributed by atoms with Crippen molar-refractivity contribution in [2.45, 2.75) is 13.2 Å². The van der Waals surface area contributed by atoms with E-state index in [1.54, 1.807) is 6.08 Å². The highest BCUT2D eigenvalue weighted by Gasteiger charge is 2.60. The van der Waals surface area contributed by atoms with E-state index in [2.05, 4.69) is 0 Å². The Bertz CT molecular complexity index is 969. The molecule has 0 unspecified atom stereocenters. The van der Waals surface area contributed by atoms with Gasteiger partial charge in [-0.2, -0.15) is 0 Å². The highest BCUT2D eigenvalue weighted by molar-refractivity contribution is 6.22. The molecule has 0 atom stereocenters. The summed E-state index contributed by atoms with van der Waals surface area (Å²) >= 11 is 0. The number of hydrogen-bond donors (Lipinski definition) is 0. The first-order valence-corrected chi connectivity index (χ1v) is 9.41. The predicted octanol–water partition coefficient (Wildman–Crippen LogP) is 4.56. The fourth-order valence-corrected chi connectivity index (χ4v) is 3.20. The summed E-state index contributed by atoms with van der Waals surface area (Å²) in [4.78, 5) is 25.9. The second-order valence-corrected chi connectivity index (χ2v) is 6.86. The van der Waals surface area contributed by atoms with E-state index in [-0.39, 0.29) is 13.2 Å². The first-order chi connectivity index (χ1) is 14.2. The normalized spacial score (nSPS) is 13.9. The van der Waals surface area contributed by atoms with Crippen LogP contribution in [-0.2, 0) is 32.3 Å². The molecule has 0 aliphatic heterocycles. The molecule has 4 rings (SSSR count). The van der Waals surface area contributed by atoms with Crippen LogP contribution < -0.4 is 0 Å². The van der Waals surface area contributed by atoms with Crippen LogP contribution in [-0.4, -0.2) is 11.9 Å². The molecule has 0 spiro atoms. The third-order valence-corrected chi connectivity index (χ3v) is 4.86. The Hall–Kier alpha value is -3.66. The Morgan fingerprint density at radius 3 is 1.48 bits per heavy atom. The smallest absolute Gasteiger partial charge is 0.332 e. The Labute approximate surface area is 169 Å². The van der Waals surface area contributed by atoms with Crippen molar-refractivity contribution < 1.29 is 19.1 Å². The zero-order chi connectivity index (χ0) is 20.1. The molecule has 0 radical (unpaired) electrons. The molecule has 144 valence electrons. The third kappa shape index (κ3) is 3.97. The van der Waals surface area contributed by atoms with Gasteiger partial charge in [0.25, 0.3) is 0 Å². The van der Waals surface area contributed by atoms with Crippen molar-refractivity contribution in [3.05, 3.63) is 114 Å². The first-order valence-electron chi connectivity index (χ1n) is 9.41. The third-order valence-electron chi connectivity index (χ3n) is 4.86. The maximum atomic E-state index is 13.0. The maximum Gasteiger partial charge on any atom is 0.332 e. The number of hydrogen-bond acceptors (Lipinski definition) is 4. The molecule has 0 saturated carbocycles. The molecule has 4 heteroatoms. The van der Waals surface area contributed by atoms with Crippen LogP contribution in [0.3, 0.4) is 0 Å². The van der Waals surface area contributed by atoms with Gasteiger partial charge in [-0.3, -0.25) is 9.59 Å². The van der Waals surface area contributed by atoms with Gasteiger partial charge < -0.3 is 9.47 Å². The van der Waals surface area contributed by atoms with Gasteiger partial charge in [-0.05, 0) is 28.3 Å². The van der Waals surface area contributed by atoms with Crippen molar-refractivity contribution in [1.82, 2.24) is 0 Å². The van der Waals surface area contributed by atoms with Gasteiger partial charge in [-0.25, -0.2) is 0 Å². The summed E-state index contributed by atoms with van der Waals surface area (Å²) in [5, 5.41) is 0. The highest BCUT2D eigenvalue weighted by atomic mass is 16.6. The number of carbonyl (C=O) groups is 2. The molecular formula is C25H20O4. The minimum absolute atomic E-state index is 0.100. The van der Waals surface area contributed by atoms with Gasteiger partial charge in [0.15, 0.2) is 0 Å². The van der Waals surface area contributed by atoms with Crippen LogP contribution in [0.15, 0.2) is 97.1 Å². The average molecular weight is 384 g/mol. The van der Waals surface area contributed by atoms with E-state index < -0.39 is 17.4 Å². The molecular weight excluding hydrogens is 364 g/mol. The van der Waals surface area contributed by atoms with Gasteiger partial charge in [-0.1, -0.05) is 91.0 Å². The fraction of sp³-hybridized carbons (Fsp3) is 0.120. The molecule has 4 nitrogen and oxygen atoms in total. The molecule has 0 saturated heterocycles. The molecule has 0 fully saturated rings. The van der Waals surface area contributed by atoms with Crippen molar-refractivity contribution in [3.63, 3.8) is 0 Å². The Morgan fingerprint density at radius 2 is 1.03 bits per heavy atom. The first kappa shape index (κ1) is 18.7. The lowest BCUT2D eigenvalue weighted by molar-refractivity contribution is -0.163. The molecule has 0 amide bonds. The summed E-state index contributed by atoms with van der Waals surface area (Å²) in [5.74, 6) is -1.23. The summed E-state index contributed by atoms with van der Waals surface area (Å²) in [6.45, 7) is 0.201. The molecule has 3 aromatic rings. The van der Waals surface area contributed by atoms with Crippen LogP contribution in [0.25, 0.3) is 5.57 Å². The van der Waals surface area contributed by atoms with E-state index in [9.17, 15) is 9.59 Å². The molecule has 0 bridgehead atoms. The number of rotatable bonds is 7. The van der Waals surface area contributed by atoms with E-state index in [0.29, 0.717) is 5.57 Å².